The Labute approximate surface area is 125 Å². The van der Waals surface area contributed by atoms with Crippen molar-refractivity contribution < 1.29 is 14.3 Å². The number of nitrogens with one attached hydrogen (secondary N) is 2. The molecule has 1 aliphatic rings. The van der Waals surface area contributed by atoms with Crippen LogP contribution in [-0.4, -0.2) is 36.2 Å². The number of amides is 1. The second-order valence-electron chi connectivity index (χ2n) is 4.98. The Morgan fingerprint density at radius 3 is 3.00 bits per heavy atom. The minimum atomic E-state index is -0.442. The number of aliphatic hydroxyl groups excluding tert-OH is 1. The van der Waals surface area contributed by atoms with Crippen LogP contribution >= 0.6 is 15.9 Å². The largest absolute Gasteiger partial charge is 0.392 e. The number of hydrogen-bond donors (Lipinski definition) is 3. The van der Waals surface area contributed by atoms with E-state index in [1.807, 2.05) is 0 Å². The van der Waals surface area contributed by atoms with Crippen molar-refractivity contribution in [3.8, 4) is 0 Å². The lowest BCUT2D eigenvalue weighted by Gasteiger charge is -2.11. The normalized spacial score (nSPS) is 21.9. The van der Waals surface area contributed by atoms with Gasteiger partial charge in [0.05, 0.1) is 12.1 Å². The van der Waals surface area contributed by atoms with Gasteiger partial charge in [-0.25, -0.2) is 4.39 Å². The Morgan fingerprint density at radius 2 is 2.35 bits per heavy atom. The van der Waals surface area contributed by atoms with Crippen molar-refractivity contribution in [2.24, 2.45) is 0 Å². The second-order valence-corrected chi connectivity index (χ2v) is 5.90. The predicted octanol–water partition coefficient (Wildman–Crippen LogP) is 1.36. The van der Waals surface area contributed by atoms with E-state index in [1.54, 1.807) is 12.1 Å². The van der Waals surface area contributed by atoms with Gasteiger partial charge in [0, 0.05) is 17.6 Å². The zero-order valence-electron chi connectivity index (χ0n) is 11.0. The molecule has 2 unspecified atom stereocenters. The fourth-order valence-corrected chi connectivity index (χ4v) is 2.59. The summed E-state index contributed by atoms with van der Waals surface area (Å²) in [5.41, 5.74) is 0.650. The first-order valence-electron chi connectivity index (χ1n) is 6.69. The molecule has 0 bridgehead atoms. The summed E-state index contributed by atoms with van der Waals surface area (Å²) in [5.74, 6) is -0.330. The van der Waals surface area contributed by atoms with Crippen LogP contribution in [0.2, 0.25) is 0 Å². The van der Waals surface area contributed by atoms with E-state index in [-0.39, 0.29) is 17.8 Å². The Kier molecular flexibility index (Phi) is 5.51. The molecule has 0 radical (unpaired) electrons. The lowest BCUT2D eigenvalue weighted by Crippen LogP contribution is -2.40. The van der Waals surface area contributed by atoms with Crippen molar-refractivity contribution in [2.45, 2.75) is 31.4 Å². The number of β-amino-alcohol motifs (C(OH)–C–C–N with tert-alkyl or cyclic N) is 1. The zero-order chi connectivity index (χ0) is 14.5. The molecule has 20 heavy (non-hydrogen) atoms. The highest BCUT2D eigenvalue weighted by Crippen LogP contribution is 2.16. The van der Waals surface area contributed by atoms with Gasteiger partial charge in [-0.05, 0) is 37.0 Å². The Balaban J connectivity index is 1.70. The highest BCUT2D eigenvalue weighted by molar-refractivity contribution is 9.10. The maximum Gasteiger partial charge on any atom is 0.237 e. The Morgan fingerprint density at radius 1 is 1.55 bits per heavy atom. The molecular weight excluding hydrogens is 327 g/mol. The van der Waals surface area contributed by atoms with Gasteiger partial charge in [-0.3, -0.25) is 4.79 Å². The number of rotatable bonds is 5. The summed E-state index contributed by atoms with van der Waals surface area (Å²) in [7, 11) is 0. The molecule has 0 aliphatic carbocycles. The summed E-state index contributed by atoms with van der Waals surface area (Å²) < 4.78 is 14.3. The molecule has 1 aliphatic heterocycles. The SMILES string of the molecule is O=C(NCCCc1ccc(Br)cc1F)C1CC(O)CN1. The van der Waals surface area contributed by atoms with E-state index in [4.69, 9.17) is 0 Å². The van der Waals surface area contributed by atoms with Crippen LogP contribution < -0.4 is 10.6 Å². The van der Waals surface area contributed by atoms with E-state index >= 15 is 0 Å². The molecule has 2 atom stereocenters. The van der Waals surface area contributed by atoms with Gasteiger partial charge in [0.25, 0.3) is 0 Å². The molecule has 3 N–H and O–H groups in total. The molecule has 6 heteroatoms. The van der Waals surface area contributed by atoms with E-state index in [1.165, 1.54) is 6.07 Å². The van der Waals surface area contributed by atoms with Gasteiger partial charge in [-0.15, -0.1) is 0 Å². The van der Waals surface area contributed by atoms with Gasteiger partial charge in [-0.2, -0.15) is 0 Å². The number of halogens is 2. The number of aryl methyl sites for hydroxylation is 1. The summed E-state index contributed by atoms with van der Waals surface area (Å²) in [5, 5.41) is 15.1. The van der Waals surface area contributed by atoms with E-state index in [9.17, 15) is 14.3 Å². The van der Waals surface area contributed by atoms with Gasteiger partial charge in [-0.1, -0.05) is 22.0 Å². The maximum absolute atomic E-state index is 13.6. The third kappa shape index (κ3) is 4.26. The molecule has 0 aromatic heterocycles. The molecular formula is C14H18BrFN2O2. The van der Waals surface area contributed by atoms with Gasteiger partial charge in [0.2, 0.25) is 5.91 Å². The molecule has 1 amide bonds. The first kappa shape index (κ1) is 15.4. The van der Waals surface area contributed by atoms with E-state index in [0.29, 0.717) is 37.9 Å². The van der Waals surface area contributed by atoms with Crippen LogP contribution in [0.25, 0.3) is 0 Å². The van der Waals surface area contributed by atoms with E-state index in [2.05, 4.69) is 26.6 Å². The lowest BCUT2D eigenvalue weighted by molar-refractivity contribution is -0.122. The highest BCUT2D eigenvalue weighted by Gasteiger charge is 2.27. The quantitative estimate of drug-likeness (QED) is 0.707. The van der Waals surface area contributed by atoms with Crippen molar-refractivity contribution in [2.75, 3.05) is 13.1 Å². The van der Waals surface area contributed by atoms with Crippen LogP contribution in [0.15, 0.2) is 22.7 Å². The Bertz CT molecular complexity index is 484. The summed E-state index contributed by atoms with van der Waals surface area (Å²) in [6.45, 7) is 0.963. The molecule has 0 saturated carbocycles. The molecule has 1 aromatic carbocycles. The summed E-state index contributed by atoms with van der Waals surface area (Å²) >= 11 is 3.22. The molecule has 0 spiro atoms. The van der Waals surface area contributed by atoms with Crippen molar-refractivity contribution >= 4 is 21.8 Å². The number of benzene rings is 1. The zero-order valence-corrected chi connectivity index (χ0v) is 12.6. The summed E-state index contributed by atoms with van der Waals surface area (Å²) in [4.78, 5) is 11.7. The van der Waals surface area contributed by atoms with E-state index < -0.39 is 6.10 Å². The van der Waals surface area contributed by atoms with Crippen molar-refractivity contribution in [3.05, 3.63) is 34.1 Å². The second kappa shape index (κ2) is 7.15. The standard InChI is InChI=1S/C14H18BrFN2O2/c15-10-4-3-9(12(16)6-10)2-1-5-17-14(20)13-7-11(19)8-18-13/h3-4,6,11,13,18-19H,1-2,5,7-8H2,(H,17,20). The average Bonchev–Trinajstić information content (AvgIpc) is 2.83. The number of carbonyl (C=O) groups excluding carboxylic acids is 1. The lowest BCUT2D eigenvalue weighted by atomic mass is 10.1. The van der Waals surface area contributed by atoms with Crippen LogP contribution in [0.1, 0.15) is 18.4 Å². The molecule has 1 saturated heterocycles. The average molecular weight is 345 g/mol. The number of carbonyl (C=O) groups is 1. The highest BCUT2D eigenvalue weighted by atomic mass is 79.9. The molecule has 110 valence electrons. The van der Waals surface area contributed by atoms with Gasteiger partial charge in [0.1, 0.15) is 5.82 Å². The van der Waals surface area contributed by atoms with Crippen molar-refractivity contribution in [1.29, 1.82) is 0 Å². The van der Waals surface area contributed by atoms with Gasteiger partial charge >= 0.3 is 0 Å². The van der Waals surface area contributed by atoms with Crippen LogP contribution in [0.3, 0.4) is 0 Å². The number of hydrogen-bond acceptors (Lipinski definition) is 3. The first-order chi connectivity index (χ1) is 9.56. The fraction of sp³-hybridized carbons (Fsp3) is 0.500. The maximum atomic E-state index is 13.6. The van der Waals surface area contributed by atoms with Crippen molar-refractivity contribution in [3.63, 3.8) is 0 Å². The van der Waals surface area contributed by atoms with Gasteiger partial charge < -0.3 is 15.7 Å². The third-order valence-corrected chi connectivity index (χ3v) is 3.85. The van der Waals surface area contributed by atoms with Crippen LogP contribution in [0, 0.1) is 5.82 Å². The summed E-state index contributed by atoms with van der Waals surface area (Å²) in [6.07, 6.45) is 1.27. The monoisotopic (exact) mass is 344 g/mol. The van der Waals surface area contributed by atoms with E-state index in [0.717, 1.165) is 4.47 Å². The number of aliphatic hydroxyl groups is 1. The fourth-order valence-electron chi connectivity index (χ4n) is 2.25. The van der Waals surface area contributed by atoms with Crippen LogP contribution in [-0.2, 0) is 11.2 Å². The topological polar surface area (TPSA) is 61.4 Å². The molecule has 2 rings (SSSR count). The van der Waals surface area contributed by atoms with Gasteiger partial charge in [0.15, 0.2) is 0 Å². The smallest absolute Gasteiger partial charge is 0.237 e. The molecule has 1 fully saturated rings. The minimum Gasteiger partial charge on any atom is -0.392 e. The first-order valence-corrected chi connectivity index (χ1v) is 7.48. The van der Waals surface area contributed by atoms with Crippen molar-refractivity contribution in [1.82, 2.24) is 10.6 Å². The van der Waals surface area contributed by atoms with Crippen LogP contribution in [0.4, 0.5) is 4.39 Å². The molecule has 1 aromatic rings. The minimum absolute atomic E-state index is 0.0992. The summed E-state index contributed by atoms with van der Waals surface area (Å²) in [6, 6.07) is 4.68. The predicted molar refractivity (Wildman–Crippen MR) is 77.8 cm³/mol. The third-order valence-electron chi connectivity index (χ3n) is 3.36. The van der Waals surface area contributed by atoms with Crippen LogP contribution in [0.5, 0.6) is 0 Å². The molecule has 1 heterocycles. The molecule has 4 nitrogen and oxygen atoms in total. The Hall–Kier alpha value is -0.980.